The summed E-state index contributed by atoms with van der Waals surface area (Å²) in [5.74, 6) is -2.68. The molecule has 1 N–H and O–H groups in total. The third-order valence-electron chi connectivity index (χ3n) is 5.77. The standard InChI is InChI=1S/C21H20F3NO3S2/c1-10-9-29-19(25-10)18-14-6-5-11(21(22,23)24)7-16(14)30-17(18)8-15(26)12-3-2-4-13(12)20(27)28/h9,11H,2-8H2,1H3,(H,27,28)/t11-/m1/s1. The number of hydrogen-bond acceptors (Lipinski definition) is 5. The summed E-state index contributed by atoms with van der Waals surface area (Å²) in [6.45, 7) is 1.85. The first-order valence-electron chi connectivity index (χ1n) is 9.76. The van der Waals surface area contributed by atoms with Crippen LogP contribution in [0.25, 0.3) is 10.6 Å². The second-order valence-electron chi connectivity index (χ2n) is 7.79. The van der Waals surface area contributed by atoms with E-state index in [0.717, 1.165) is 21.8 Å². The Morgan fingerprint density at radius 1 is 1.23 bits per heavy atom. The van der Waals surface area contributed by atoms with Gasteiger partial charge in [0, 0.05) is 44.0 Å². The molecule has 30 heavy (non-hydrogen) atoms. The number of aliphatic carboxylic acids is 1. The quantitative estimate of drug-likeness (QED) is 0.644. The van der Waals surface area contributed by atoms with Crippen LogP contribution < -0.4 is 0 Å². The van der Waals surface area contributed by atoms with Gasteiger partial charge >= 0.3 is 12.1 Å². The van der Waals surface area contributed by atoms with Gasteiger partial charge < -0.3 is 5.11 Å². The van der Waals surface area contributed by atoms with Gasteiger partial charge in [-0.2, -0.15) is 13.2 Å². The monoisotopic (exact) mass is 455 g/mol. The van der Waals surface area contributed by atoms with Crippen LogP contribution in [0.15, 0.2) is 16.5 Å². The molecule has 0 saturated heterocycles. The predicted octanol–water partition coefficient (Wildman–Crippen LogP) is 5.52. The van der Waals surface area contributed by atoms with E-state index in [0.29, 0.717) is 41.0 Å². The van der Waals surface area contributed by atoms with Crippen LogP contribution in [0, 0.1) is 12.8 Å². The van der Waals surface area contributed by atoms with Gasteiger partial charge in [-0.1, -0.05) is 0 Å². The molecule has 2 aromatic heterocycles. The van der Waals surface area contributed by atoms with Gasteiger partial charge in [0.1, 0.15) is 5.01 Å². The maximum absolute atomic E-state index is 13.3. The third kappa shape index (κ3) is 3.97. The Morgan fingerprint density at radius 2 is 1.97 bits per heavy atom. The number of alkyl halides is 3. The van der Waals surface area contributed by atoms with Gasteiger partial charge in [-0.25, -0.2) is 9.78 Å². The first-order valence-corrected chi connectivity index (χ1v) is 11.5. The summed E-state index contributed by atoms with van der Waals surface area (Å²) >= 11 is 2.68. The van der Waals surface area contributed by atoms with Crippen LogP contribution in [0.1, 0.15) is 46.7 Å². The normalized spacial score (nSPS) is 19.3. The smallest absolute Gasteiger partial charge is 0.392 e. The third-order valence-corrected chi connectivity index (χ3v) is 8.00. The lowest BCUT2D eigenvalue weighted by atomic mass is 9.86. The van der Waals surface area contributed by atoms with Gasteiger partial charge in [0.15, 0.2) is 5.78 Å². The molecule has 0 spiro atoms. The fourth-order valence-corrected chi connectivity index (χ4v) is 6.70. The van der Waals surface area contributed by atoms with Gasteiger partial charge in [0.05, 0.1) is 5.92 Å². The van der Waals surface area contributed by atoms with Gasteiger partial charge in [-0.3, -0.25) is 4.79 Å². The van der Waals surface area contributed by atoms with E-state index in [1.165, 1.54) is 22.7 Å². The van der Waals surface area contributed by atoms with E-state index in [-0.39, 0.29) is 30.6 Å². The molecule has 4 rings (SSSR count). The average Bonchev–Trinajstić information content (AvgIpc) is 3.37. The Labute approximate surface area is 179 Å². The van der Waals surface area contributed by atoms with Crippen LogP contribution in [0.5, 0.6) is 0 Å². The maximum Gasteiger partial charge on any atom is 0.392 e. The summed E-state index contributed by atoms with van der Waals surface area (Å²) in [5, 5.41) is 12.0. The average molecular weight is 456 g/mol. The molecule has 0 saturated carbocycles. The Morgan fingerprint density at radius 3 is 2.60 bits per heavy atom. The number of halogens is 3. The number of carboxylic acid groups (broad SMARTS) is 1. The highest BCUT2D eigenvalue weighted by Crippen LogP contribution is 2.46. The molecule has 2 aliphatic carbocycles. The molecule has 2 heterocycles. The largest absolute Gasteiger partial charge is 0.478 e. The lowest BCUT2D eigenvalue weighted by Crippen LogP contribution is -2.28. The van der Waals surface area contributed by atoms with Crippen molar-refractivity contribution in [2.75, 3.05) is 0 Å². The Hall–Kier alpha value is -2.00. The predicted molar refractivity (Wildman–Crippen MR) is 109 cm³/mol. The minimum Gasteiger partial charge on any atom is -0.478 e. The van der Waals surface area contributed by atoms with E-state index in [1.54, 1.807) is 0 Å². The number of carboxylic acids is 1. The Kier molecular flexibility index (Phi) is 5.61. The minimum atomic E-state index is -4.24. The lowest BCUT2D eigenvalue weighted by molar-refractivity contribution is -0.176. The van der Waals surface area contributed by atoms with Crippen molar-refractivity contribution in [1.82, 2.24) is 4.98 Å². The molecule has 160 valence electrons. The molecule has 4 nitrogen and oxygen atoms in total. The molecule has 0 fully saturated rings. The zero-order chi connectivity index (χ0) is 21.6. The van der Waals surface area contributed by atoms with Crippen molar-refractivity contribution in [3.05, 3.63) is 37.5 Å². The highest BCUT2D eigenvalue weighted by atomic mass is 32.1. The molecule has 9 heteroatoms. The molecule has 2 aliphatic rings. The van der Waals surface area contributed by atoms with Crippen LogP contribution in [0.2, 0.25) is 0 Å². The van der Waals surface area contributed by atoms with Crippen LogP contribution >= 0.6 is 22.7 Å². The maximum atomic E-state index is 13.3. The summed E-state index contributed by atoms with van der Waals surface area (Å²) in [5.41, 5.74) is 3.00. The summed E-state index contributed by atoms with van der Waals surface area (Å²) in [6, 6.07) is 0. The number of rotatable bonds is 5. The first-order chi connectivity index (χ1) is 14.1. The molecule has 2 aromatic rings. The van der Waals surface area contributed by atoms with Gasteiger partial charge in [0.25, 0.3) is 0 Å². The van der Waals surface area contributed by atoms with E-state index in [2.05, 4.69) is 4.98 Å². The summed E-state index contributed by atoms with van der Waals surface area (Å²) in [6.07, 6.45) is -2.51. The number of aromatic nitrogens is 1. The summed E-state index contributed by atoms with van der Waals surface area (Å²) < 4.78 is 39.8. The van der Waals surface area contributed by atoms with Crippen molar-refractivity contribution in [3.63, 3.8) is 0 Å². The zero-order valence-electron chi connectivity index (χ0n) is 16.3. The molecule has 0 radical (unpaired) electrons. The molecular formula is C21H20F3NO3S2. The lowest BCUT2D eigenvalue weighted by Gasteiger charge is -2.24. The molecule has 0 aromatic carbocycles. The van der Waals surface area contributed by atoms with Gasteiger partial charge in [-0.05, 0) is 51.0 Å². The number of carbonyl (C=O) groups excluding carboxylic acids is 1. The Balaban J connectivity index is 1.73. The second-order valence-corrected chi connectivity index (χ2v) is 9.84. The molecule has 0 aliphatic heterocycles. The number of fused-ring (bicyclic) bond motifs is 1. The second kappa shape index (κ2) is 7.92. The number of Topliss-reactive ketones (excluding diaryl/α,β-unsaturated/α-hetero) is 1. The van der Waals surface area contributed by atoms with Crippen molar-refractivity contribution in [1.29, 1.82) is 0 Å². The SMILES string of the molecule is Cc1csc(-c2c(CC(=O)C3=C(C(=O)O)CCC3)sc3c2CC[C@@H](C(F)(F)F)C3)n1. The Bertz CT molecular complexity index is 1050. The summed E-state index contributed by atoms with van der Waals surface area (Å²) in [7, 11) is 0. The van der Waals surface area contributed by atoms with Gasteiger partial charge in [-0.15, -0.1) is 22.7 Å². The first kappa shape index (κ1) is 21.2. The van der Waals surface area contributed by atoms with Crippen molar-refractivity contribution < 1.29 is 27.9 Å². The van der Waals surface area contributed by atoms with E-state index >= 15 is 0 Å². The zero-order valence-corrected chi connectivity index (χ0v) is 17.9. The number of carbonyl (C=O) groups is 2. The number of allylic oxidation sites excluding steroid dienone is 1. The highest BCUT2D eigenvalue weighted by molar-refractivity contribution is 7.15. The highest BCUT2D eigenvalue weighted by Gasteiger charge is 2.43. The fraction of sp³-hybridized carbons (Fsp3) is 0.476. The number of aryl methyl sites for hydroxylation is 1. The van der Waals surface area contributed by atoms with Crippen LogP contribution in [0.4, 0.5) is 13.2 Å². The van der Waals surface area contributed by atoms with Crippen molar-refractivity contribution >= 4 is 34.4 Å². The van der Waals surface area contributed by atoms with Crippen molar-refractivity contribution in [2.45, 2.75) is 58.0 Å². The molecule has 0 unspecified atom stereocenters. The van der Waals surface area contributed by atoms with E-state index in [9.17, 15) is 27.9 Å². The topological polar surface area (TPSA) is 67.3 Å². The number of hydrogen-bond donors (Lipinski definition) is 1. The minimum absolute atomic E-state index is 0.00836. The van der Waals surface area contributed by atoms with Crippen molar-refractivity contribution in [3.8, 4) is 10.6 Å². The van der Waals surface area contributed by atoms with Crippen LogP contribution in [-0.4, -0.2) is 28.0 Å². The van der Waals surface area contributed by atoms with E-state index < -0.39 is 18.1 Å². The van der Waals surface area contributed by atoms with Crippen LogP contribution in [0.3, 0.4) is 0 Å². The number of ketones is 1. The summed E-state index contributed by atoms with van der Waals surface area (Å²) in [4.78, 5) is 30.3. The molecular weight excluding hydrogens is 435 g/mol. The fourth-order valence-electron chi connectivity index (χ4n) is 4.30. The van der Waals surface area contributed by atoms with Crippen LogP contribution in [-0.2, 0) is 28.9 Å². The van der Waals surface area contributed by atoms with E-state index in [1.807, 2.05) is 12.3 Å². The van der Waals surface area contributed by atoms with Gasteiger partial charge in [0.2, 0.25) is 0 Å². The number of thiophene rings is 1. The van der Waals surface area contributed by atoms with Crippen molar-refractivity contribution in [2.24, 2.45) is 5.92 Å². The number of nitrogens with zero attached hydrogens (tertiary/aromatic N) is 1. The molecule has 0 amide bonds. The molecule has 0 bridgehead atoms. The molecule has 1 atom stereocenters. The number of thiazole rings is 1. The van der Waals surface area contributed by atoms with E-state index in [4.69, 9.17) is 0 Å².